The first kappa shape index (κ1) is 20.9. The molecule has 0 aliphatic carbocycles. The molecule has 29 heavy (non-hydrogen) atoms. The zero-order chi connectivity index (χ0) is 20.9. The van der Waals surface area contributed by atoms with Gasteiger partial charge in [-0.15, -0.1) is 0 Å². The average Bonchev–Trinajstić information content (AvgIpc) is 3.22. The van der Waals surface area contributed by atoms with Gasteiger partial charge in [0.15, 0.2) is 12.6 Å². The summed E-state index contributed by atoms with van der Waals surface area (Å²) in [6.45, 7) is 2.95. The van der Waals surface area contributed by atoms with Gasteiger partial charge in [-0.3, -0.25) is 4.99 Å². The van der Waals surface area contributed by atoms with E-state index in [4.69, 9.17) is 4.74 Å². The SMILES string of the molecule is CN=C(NCc1ccnc(OCC(F)(F)F)c1)N1CCC(C)C(n2ccnc2)C1. The van der Waals surface area contributed by atoms with Crippen LogP contribution in [0.1, 0.15) is 24.9 Å². The van der Waals surface area contributed by atoms with Crippen LogP contribution in [0.15, 0.2) is 42.0 Å². The van der Waals surface area contributed by atoms with Gasteiger partial charge in [-0.2, -0.15) is 13.2 Å². The van der Waals surface area contributed by atoms with Gasteiger partial charge >= 0.3 is 6.18 Å². The van der Waals surface area contributed by atoms with Gasteiger partial charge < -0.3 is 19.5 Å². The molecular formula is C19H25F3N6O. The number of alkyl halides is 3. The van der Waals surface area contributed by atoms with Gasteiger partial charge in [-0.05, 0) is 24.0 Å². The molecule has 1 saturated heterocycles. The number of halogens is 3. The van der Waals surface area contributed by atoms with Gasteiger partial charge in [0, 0.05) is 51.3 Å². The van der Waals surface area contributed by atoms with Crippen LogP contribution in [0.5, 0.6) is 5.88 Å². The molecule has 1 N–H and O–H groups in total. The number of aliphatic imine (C=N–C) groups is 1. The van der Waals surface area contributed by atoms with E-state index in [1.54, 1.807) is 19.3 Å². The summed E-state index contributed by atoms with van der Waals surface area (Å²) in [5, 5.41) is 3.28. The predicted molar refractivity (Wildman–Crippen MR) is 103 cm³/mol. The maximum Gasteiger partial charge on any atom is 0.422 e. The molecule has 0 radical (unpaired) electrons. The molecule has 0 aromatic carbocycles. The van der Waals surface area contributed by atoms with E-state index in [-0.39, 0.29) is 5.88 Å². The van der Waals surface area contributed by atoms with Crippen molar-refractivity contribution >= 4 is 5.96 Å². The quantitative estimate of drug-likeness (QED) is 0.607. The van der Waals surface area contributed by atoms with Crippen molar-refractivity contribution in [1.82, 2.24) is 24.8 Å². The summed E-state index contributed by atoms with van der Waals surface area (Å²) in [5.74, 6) is 1.22. The maximum absolute atomic E-state index is 12.3. The third-order valence-corrected chi connectivity index (χ3v) is 4.97. The Bertz CT molecular complexity index is 809. The van der Waals surface area contributed by atoms with Crippen LogP contribution in [-0.2, 0) is 6.54 Å². The van der Waals surface area contributed by atoms with Crippen molar-refractivity contribution in [3.63, 3.8) is 0 Å². The van der Waals surface area contributed by atoms with E-state index >= 15 is 0 Å². The van der Waals surface area contributed by atoms with Crippen molar-refractivity contribution in [2.75, 3.05) is 26.7 Å². The summed E-state index contributed by atoms with van der Waals surface area (Å²) in [7, 11) is 1.72. The fourth-order valence-corrected chi connectivity index (χ4v) is 3.40. The Balaban J connectivity index is 1.59. The number of rotatable bonds is 5. The van der Waals surface area contributed by atoms with Crippen molar-refractivity contribution < 1.29 is 17.9 Å². The van der Waals surface area contributed by atoms with Crippen molar-refractivity contribution in [3.05, 3.63) is 42.6 Å². The van der Waals surface area contributed by atoms with Crippen LogP contribution in [-0.4, -0.2) is 58.3 Å². The molecule has 158 valence electrons. The Morgan fingerprint density at radius 3 is 2.90 bits per heavy atom. The van der Waals surface area contributed by atoms with Crippen LogP contribution in [0.2, 0.25) is 0 Å². The Kier molecular flexibility index (Phi) is 6.60. The Hall–Kier alpha value is -2.78. The molecule has 2 aromatic rings. The first-order valence-electron chi connectivity index (χ1n) is 9.43. The van der Waals surface area contributed by atoms with Crippen molar-refractivity contribution in [2.24, 2.45) is 10.9 Å². The van der Waals surface area contributed by atoms with Crippen LogP contribution in [0.3, 0.4) is 0 Å². The Morgan fingerprint density at radius 2 is 2.21 bits per heavy atom. The van der Waals surface area contributed by atoms with Crippen molar-refractivity contribution in [1.29, 1.82) is 0 Å². The van der Waals surface area contributed by atoms with Crippen LogP contribution < -0.4 is 10.1 Å². The number of nitrogens with zero attached hydrogens (tertiary/aromatic N) is 5. The Labute approximate surface area is 167 Å². The van der Waals surface area contributed by atoms with Gasteiger partial charge in [-0.1, -0.05) is 6.92 Å². The van der Waals surface area contributed by atoms with E-state index in [0.29, 0.717) is 18.5 Å². The van der Waals surface area contributed by atoms with E-state index in [2.05, 4.69) is 36.7 Å². The van der Waals surface area contributed by atoms with E-state index < -0.39 is 12.8 Å². The lowest BCUT2D eigenvalue weighted by Gasteiger charge is -2.39. The van der Waals surface area contributed by atoms with E-state index in [0.717, 1.165) is 31.0 Å². The molecule has 7 nitrogen and oxygen atoms in total. The maximum atomic E-state index is 12.3. The monoisotopic (exact) mass is 410 g/mol. The molecule has 2 aromatic heterocycles. The second kappa shape index (κ2) is 9.15. The minimum absolute atomic E-state index is 0.0522. The molecule has 1 fully saturated rings. The molecule has 10 heteroatoms. The van der Waals surface area contributed by atoms with Gasteiger partial charge in [-0.25, -0.2) is 9.97 Å². The van der Waals surface area contributed by atoms with Gasteiger partial charge in [0.05, 0.1) is 12.4 Å². The molecule has 2 atom stereocenters. The number of guanidine groups is 1. The normalized spacial score (nSPS) is 20.6. The van der Waals surface area contributed by atoms with E-state index in [1.165, 1.54) is 12.3 Å². The lowest BCUT2D eigenvalue weighted by atomic mass is 9.93. The lowest BCUT2D eigenvalue weighted by molar-refractivity contribution is -0.154. The van der Waals surface area contributed by atoms with Crippen LogP contribution in [0, 0.1) is 5.92 Å². The molecule has 0 amide bonds. The summed E-state index contributed by atoms with van der Waals surface area (Å²) in [4.78, 5) is 14.5. The third kappa shape index (κ3) is 5.85. The van der Waals surface area contributed by atoms with Gasteiger partial charge in [0.2, 0.25) is 5.88 Å². The molecule has 1 aliphatic rings. The number of hydrogen-bond acceptors (Lipinski definition) is 4. The molecule has 3 heterocycles. The fourth-order valence-electron chi connectivity index (χ4n) is 3.40. The molecular weight excluding hydrogens is 385 g/mol. The van der Waals surface area contributed by atoms with E-state index in [1.807, 2.05) is 12.5 Å². The number of likely N-dealkylation sites (tertiary alicyclic amines) is 1. The summed E-state index contributed by atoms with van der Waals surface area (Å²) in [6, 6.07) is 3.53. The zero-order valence-electron chi connectivity index (χ0n) is 16.4. The minimum atomic E-state index is -4.39. The standard InChI is InChI=1S/C19H25F3N6O/c1-14-4-7-27(11-16(14)28-8-6-24-13-28)18(23-2)26-10-15-3-5-25-17(9-15)29-12-19(20,21)22/h3,5-6,8-9,13-14,16H,4,7,10-12H2,1-2H3,(H,23,26). The number of hydrogen-bond donors (Lipinski definition) is 1. The molecule has 0 saturated carbocycles. The highest BCUT2D eigenvalue weighted by molar-refractivity contribution is 5.80. The minimum Gasteiger partial charge on any atom is -0.468 e. The van der Waals surface area contributed by atoms with Crippen molar-refractivity contribution in [2.45, 2.75) is 32.1 Å². The summed E-state index contributed by atoms with van der Waals surface area (Å²) in [5.41, 5.74) is 0.759. The number of nitrogens with one attached hydrogen (secondary N) is 1. The summed E-state index contributed by atoms with van der Waals surface area (Å²) >= 11 is 0. The number of ether oxygens (including phenoxy) is 1. The van der Waals surface area contributed by atoms with Crippen LogP contribution >= 0.6 is 0 Å². The molecule has 3 rings (SSSR count). The van der Waals surface area contributed by atoms with Crippen LogP contribution in [0.25, 0.3) is 0 Å². The topological polar surface area (TPSA) is 67.6 Å². The van der Waals surface area contributed by atoms with Crippen LogP contribution in [0.4, 0.5) is 13.2 Å². The highest BCUT2D eigenvalue weighted by Gasteiger charge is 2.29. The predicted octanol–water partition coefficient (Wildman–Crippen LogP) is 2.88. The second-order valence-corrected chi connectivity index (χ2v) is 7.10. The zero-order valence-corrected chi connectivity index (χ0v) is 16.4. The van der Waals surface area contributed by atoms with Gasteiger partial charge in [0.25, 0.3) is 0 Å². The molecule has 2 unspecified atom stereocenters. The number of imidazole rings is 1. The smallest absolute Gasteiger partial charge is 0.422 e. The van der Waals surface area contributed by atoms with E-state index in [9.17, 15) is 13.2 Å². The first-order valence-corrected chi connectivity index (χ1v) is 9.43. The number of piperidine rings is 1. The fraction of sp³-hybridized carbons (Fsp3) is 0.526. The average molecular weight is 410 g/mol. The summed E-state index contributed by atoms with van der Waals surface area (Å²) in [6.07, 6.45) is 3.65. The van der Waals surface area contributed by atoms with Gasteiger partial charge in [0.1, 0.15) is 0 Å². The number of pyridine rings is 1. The molecule has 1 aliphatic heterocycles. The highest BCUT2D eigenvalue weighted by atomic mass is 19.4. The van der Waals surface area contributed by atoms with Crippen molar-refractivity contribution in [3.8, 4) is 5.88 Å². The highest BCUT2D eigenvalue weighted by Crippen LogP contribution is 2.27. The molecule has 0 bridgehead atoms. The summed E-state index contributed by atoms with van der Waals surface area (Å²) < 4.78 is 43.8. The Morgan fingerprint density at radius 1 is 1.38 bits per heavy atom. The third-order valence-electron chi connectivity index (χ3n) is 4.97. The largest absolute Gasteiger partial charge is 0.468 e. The second-order valence-electron chi connectivity index (χ2n) is 7.10. The first-order chi connectivity index (χ1) is 13.9. The number of aromatic nitrogens is 3. The lowest BCUT2D eigenvalue weighted by Crippen LogP contribution is -2.48. The molecule has 0 spiro atoms.